The molecule has 0 radical (unpaired) electrons. The summed E-state index contributed by atoms with van der Waals surface area (Å²) in [6.07, 6.45) is -0.655. The van der Waals surface area contributed by atoms with Crippen molar-refractivity contribution in [2.75, 3.05) is 22.3 Å². The number of fused-ring (bicyclic) bond motifs is 1. The zero-order valence-corrected chi connectivity index (χ0v) is 22.1. The van der Waals surface area contributed by atoms with Gasteiger partial charge in [0.2, 0.25) is 0 Å². The fraction of sp³-hybridized carbons (Fsp3) is 0.296. The smallest absolute Gasteiger partial charge is 0.414 e. The van der Waals surface area contributed by atoms with Crippen LogP contribution in [0.4, 0.5) is 29.3 Å². The Morgan fingerprint density at radius 3 is 2.34 bits per heavy atom. The zero-order chi connectivity index (χ0) is 27.8. The minimum absolute atomic E-state index is 0.0264. The Kier molecular flexibility index (Phi) is 7.33. The molecule has 0 atom stereocenters. The summed E-state index contributed by atoms with van der Waals surface area (Å²) in [5, 5.41) is 0. The fourth-order valence-corrected chi connectivity index (χ4v) is 5.69. The minimum Gasteiger partial charge on any atom is -0.443 e. The predicted molar refractivity (Wildman–Crippen MR) is 138 cm³/mol. The van der Waals surface area contributed by atoms with Crippen LogP contribution in [0.2, 0.25) is 0 Å². The highest BCUT2D eigenvalue weighted by atomic mass is 32.2. The maximum absolute atomic E-state index is 14.3. The molecule has 1 heterocycles. The molecule has 0 aliphatic carbocycles. The van der Waals surface area contributed by atoms with Gasteiger partial charge in [0, 0.05) is 12.6 Å². The number of hydrogen-bond donors (Lipinski definition) is 0. The fourth-order valence-electron chi connectivity index (χ4n) is 4.12. The van der Waals surface area contributed by atoms with E-state index in [1.54, 1.807) is 52.0 Å². The molecule has 0 N–H and O–H groups in total. The van der Waals surface area contributed by atoms with E-state index in [1.807, 2.05) is 0 Å². The van der Waals surface area contributed by atoms with Crippen molar-refractivity contribution in [3.8, 4) is 16.9 Å². The number of benzene rings is 3. The maximum Gasteiger partial charge on any atom is 0.414 e. The Morgan fingerprint density at radius 2 is 1.68 bits per heavy atom. The summed E-state index contributed by atoms with van der Waals surface area (Å²) < 4.78 is 78.2. The van der Waals surface area contributed by atoms with Gasteiger partial charge < -0.3 is 9.47 Å². The molecule has 1 aliphatic heterocycles. The van der Waals surface area contributed by atoms with Crippen molar-refractivity contribution in [1.29, 1.82) is 0 Å². The Morgan fingerprint density at radius 1 is 0.947 bits per heavy atom. The van der Waals surface area contributed by atoms with Crippen molar-refractivity contribution in [2.45, 2.75) is 44.8 Å². The van der Waals surface area contributed by atoms with Crippen LogP contribution in [0.3, 0.4) is 0 Å². The second-order valence-corrected chi connectivity index (χ2v) is 11.6. The van der Waals surface area contributed by atoms with Gasteiger partial charge in [-0.05, 0) is 80.8 Å². The first-order valence-corrected chi connectivity index (χ1v) is 13.2. The van der Waals surface area contributed by atoms with Crippen LogP contribution in [0.1, 0.15) is 26.3 Å². The standard InChI is InChI=1S/C27H27F3N2O5S/c1-17-6-5-7-22(12-17)38(34,35)32-11-10-31(26(33)37-27(2,3)4)23-9-8-18(15-24(23)32)19-13-20(28)16-21(14-19)36-25(29)30/h5-9,12-16,25H,10-11H2,1-4H3. The van der Waals surface area contributed by atoms with Gasteiger partial charge in [0.05, 0.1) is 22.8 Å². The lowest BCUT2D eigenvalue weighted by Gasteiger charge is -2.37. The van der Waals surface area contributed by atoms with Gasteiger partial charge in [-0.2, -0.15) is 8.78 Å². The summed E-state index contributed by atoms with van der Waals surface area (Å²) in [6, 6.07) is 14.1. The van der Waals surface area contributed by atoms with Crippen molar-refractivity contribution < 1.29 is 35.9 Å². The average molecular weight is 549 g/mol. The van der Waals surface area contributed by atoms with Crippen LogP contribution in [0, 0.1) is 12.7 Å². The summed E-state index contributed by atoms with van der Waals surface area (Å²) in [5.74, 6) is -1.19. The van der Waals surface area contributed by atoms with Gasteiger partial charge in [-0.1, -0.05) is 18.2 Å². The van der Waals surface area contributed by atoms with E-state index in [4.69, 9.17) is 4.74 Å². The van der Waals surface area contributed by atoms with Crippen LogP contribution in [0.5, 0.6) is 5.75 Å². The van der Waals surface area contributed by atoms with E-state index in [2.05, 4.69) is 4.74 Å². The number of ether oxygens (including phenoxy) is 2. The van der Waals surface area contributed by atoms with E-state index in [0.29, 0.717) is 5.56 Å². The number of rotatable bonds is 5. The molecule has 11 heteroatoms. The first-order chi connectivity index (χ1) is 17.7. The molecule has 1 amide bonds. The highest BCUT2D eigenvalue weighted by molar-refractivity contribution is 7.92. The van der Waals surface area contributed by atoms with Crippen molar-refractivity contribution >= 4 is 27.5 Å². The quantitative estimate of drug-likeness (QED) is 0.371. The number of nitrogens with zero attached hydrogens (tertiary/aromatic N) is 2. The molecule has 0 spiro atoms. The van der Waals surface area contributed by atoms with Crippen LogP contribution in [0.25, 0.3) is 11.1 Å². The number of anilines is 2. The third-order valence-electron chi connectivity index (χ3n) is 5.68. The van der Waals surface area contributed by atoms with E-state index in [0.717, 1.165) is 17.7 Å². The van der Waals surface area contributed by atoms with Gasteiger partial charge in [-0.3, -0.25) is 9.21 Å². The molecule has 3 aromatic carbocycles. The van der Waals surface area contributed by atoms with Crippen LogP contribution in [-0.2, 0) is 14.8 Å². The summed E-state index contributed by atoms with van der Waals surface area (Å²) >= 11 is 0. The molecule has 1 aliphatic rings. The van der Waals surface area contributed by atoms with Gasteiger partial charge in [0.15, 0.2) is 0 Å². The van der Waals surface area contributed by atoms with Gasteiger partial charge in [0.25, 0.3) is 10.0 Å². The lowest BCUT2D eigenvalue weighted by atomic mass is 10.0. The van der Waals surface area contributed by atoms with E-state index in [-0.39, 0.29) is 40.7 Å². The van der Waals surface area contributed by atoms with Crippen LogP contribution in [0.15, 0.2) is 65.6 Å². The highest BCUT2D eigenvalue weighted by Gasteiger charge is 2.36. The molecule has 0 fully saturated rings. The number of halogens is 3. The molecule has 38 heavy (non-hydrogen) atoms. The molecule has 0 aromatic heterocycles. The number of sulfonamides is 1. The van der Waals surface area contributed by atoms with Gasteiger partial charge in [-0.25, -0.2) is 17.6 Å². The third kappa shape index (κ3) is 5.88. The molecule has 202 valence electrons. The monoisotopic (exact) mass is 548 g/mol. The number of carbonyl (C=O) groups excluding carboxylic acids is 1. The molecular weight excluding hydrogens is 521 g/mol. The van der Waals surface area contributed by atoms with Gasteiger partial charge in [0.1, 0.15) is 17.2 Å². The van der Waals surface area contributed by atoms with Gasteiger partial charge in [-0.15, -0.1) is 0 Å². The first kappa shape index (κ1) is 27.3. The van der Waals surface area contributed by atoms with Crippen LogP contribution < -0.4 is 13.9 Å². The second kappa shape index (κ2) is 10.2. The highest BCUT2D eigenvalue weighted by Crippen LogP contribution is 2.41. The average Bonchev–Trinajstić information content (AvgIpc) is 2.81. The number of hydrogen-bond acceptors (Lipinski definition) is 5. The summed E-state index contributed by atoms with van der Waals surface area (Å²) in [6.45, 7) is 3.73. The number of amides is 1. The number of alkyl halides is 2. The molecule has 0 unspecified atom stereocenters. The lowest BCUT2D eigenvalue weighted by Crippen LogP contribution is -2.47. The summed E-state index contributed by atoms with van der Waals surface area (Å²) in [5.41, 5.74) is 0.903. The normalized spacial score (nSPS) is 13.9. The van der Waals surface area contributed by atoms with E-state index < -0.39 is 34.1 Å². The van der Waals surface area contributed by atoms with Crippen LogP contribution in [-0.4, -0.2) is 39.8 Å². The zero-order valence-electron chi connectivity index (χ0n) is 21.2. The van der Waals surface area contributed by atoms with E-state index in [9.17, 15) is 26.4 Å². The Bertz CT molecular complexity index is 1470. The van der Waals surface area contributed by atoms with Gasteiger partial charge >= 0.3 is 12.7 Å². The molecule has 0 bridgehead atoms. The Balaban J connectivity index is 1.85. The Labute approximate surface area is 219 Å². The van der Waals surface area contributed by atoms with Crippen molar-refractivity contribution in [1.82, 2.24) is 0 Å². The maximum atomic E-state index is 14.3. The molecule has 0 saturated carbocycles. The number of carbonyl (C=O) groups is 1. The molecule has 0 saturated heterocycles. The lowest BCUT2D eigenvalue weighted by molar-refractivity contribution is -0.0499. The largest absolute Gasteiger partial charge is 0.443 e. The molecular formula is C27H27F3N2O5S. The van der Waals surface area contributed by atoms with E-state index in [1.165, 1.54) is 33.5 Å². The topological polar surface area (TPSA) is 76.2 Å². The number of aryl methyl sites for hydroxylation is 1. The Hall–Kier alpha value is -3.73. The molecule has 7 nitrogen and oxygen atoms in total. The van der Waals surface area contributed by atoms with Crippen molar-refractivity contribution in [3.05, 3.63) is 72.0 Å². The third-order valence-corrected chi connectivity index (χ3v) is 7.49. The summed E-state index contributed by atoms with van der Waals surface area (Å²) in [7, 11) is -4.06. The second-order valence-electron chi connectivity index (χ2n) is 9.78. The van der Waals surface area contributed by atoms with Crippen LogP contribution >= 0.6 is 0 Å². The van der Waals surface area contributed by atoms with E-state index >= 15 is 0 Å². The van der Waals surface area contributed by atoms with Crippen molar-refractivity contribution in [2.24, 2.45) is 0 Å². The predicted octanol–water partition coefficient (Wildman–Crippen LogP) is 6.35. The minimum atomic E-state index is -4.06. The molecule has 4 rings (SSSR count). The first-order valence-electron chi connectivity index (χ1n) is 11.7. The van der Waals surface area contributed by atoms with Crippen molar-refractivity contribution in [3.63, 3.8) is 0 Å². The summed E-state index contributed by atoms with van der Waals surface area (Å²) in [4.78, 5) is 14.4. The molecule has 3 aromatic rings. The SMILES string of the molecule is Cc1cccc(S(=O)(=O)N2CCN(C(=O)OC(C)(C)C)c3ccc(-c4cc(F)cc(OC(F)F)c4)cc32)c1.